The number of nitrogens with two attached hydrogens (primary N) is 1. The molecule has 21 heavy (non-hydrogen) atoms. The van der Waals surface area contributed by atoms with Gasteiger partial charge >= 0.3 is 18.0 Å². The minimum Gasteiger partial charge on any atom is -0.469 e. The summed E-state index contributed by atoms with van der Waals surface area (Å²) in [6.07, 6.45) is 0.332. The average Bonchev–Trinajstić information content (AvgIpc) is 2.76. The number of urea groups is 1. The number of esters is 2. The number of hydrogen-bond acceptors (Lipinski definition) is 5. The van der Waals surface area contributed by atoms with Crippen molar-refractivity contribution >= 4 is 18.0 Å². The highest BCUT2D eigenvalue weighted by atomic mass is 16.5. The maximum Gasteiger partial charge on any atom is 0.340 e. The summed E-state index contributed by atoms with van der Waals surface area (Å²) >= 11 is 0. The largest absolute Gasteiger partial charge is 0.469 e. The molecule has 0 fully saturated rings. The summed E-state index contributed by atoms with van der Waals surface area (Å²) in [4.78, 5) is 34.5. The molecular formula is C13H19N3O5. The van der Waals surface area contributed by atoms with E-state index in [0.717, 1.165) is 0 Å². The first-order valence-corrected chi connectivity index (χ1v) is 6.48. The lowest BCUT2D eigenvalue weighted by atomic mass is 10.2. The van der Waals surface area contributed by atoms with E-state index >= 15 is 0 Å². The molecule has 1 aromatic rings. The molecule has 0 aliphatic heterocycles. The first-order chi connectivity index (χ1) is 9.94. The summed E-state index contributed by atoms with van der Waals surface area (Å²) in [6.45, 7) is 3.72. The van der Waals surface area contributed by atoms with Gasteiger partial charge in [-0.2, -0.15) is 0 Å². The quantitative estimate of drug-likeness (QED) is 0.745. The van der Waals surface area contributed by atoms with Crippen molar-refractivity contribution in [3.8, 4) is 0 Å². The minimum absolute atomic E-state index is 0.108. The van der Waals surface area contributed by atoms with Crippen molar-refractivity contribution in [2.75, 3.05) is 19.1 Å². The summed E-state index contributed by atoms with van der Waals surface area (Å²) in [7, 11) is 1.25. The molecule has 0 aliphatic rings. The Hall–Kier alpha value is -2.51. The van der Waals surface area contributed by atoms with E-state index in [1.165, 1.54) is 17.9 Å². The maximum atomic E-state index is 11.9. The summed E-state index contributed by atoms with van der Waals surface area (Å²) in [6, 6.07) is 0.686. The van der Waals surface area contributed by atoms with Crippen LogP contribution in [0.1, 0.15) is 35.6 Å². The van der Waals surface area contributed by atoms with E-state index in [9.17, 15) is 14.4 Å². The van der Waals surface area contributed by atoms with Gasteiger partial charge in [-0.15, -0.1) is 0 Å². The van der Waals surface area contributed by atoms with Crippen LogP contribution in [0, 0.1) is 0 Å². The highest BCUT2D eigenvalue weighted by molar-refractivity contribution is 5.92. The standard InChI is InChI=1S/C13H19N3O5/c1-4-10-9(12(18)21-5-2)6-8(7-11(17)20-3)16(10)15-13(14)19/h6H,4-5,7H2,1-3H3,(H3,14,15,19). The Bertz CT molecular complexity index is 550. The number of nitrogens with zero attached hydrogens (tertiary/aromatic N) is 1. The molecule has 0 radical (unpaired) electrons. The van der Waals surface area contributed by atoms with Gasteiger partial charge in [0.1, 0.15) is 0 Å². The lowest BCUT2D eigenvalue weighted by Gasteiger charge is -2.12. The summed E-state index contributed by atoms with van der Waals surface area (Å²) in [5, 5.41) is 0. The van der Waals surface area contributed by atoms with Gasteiger partial charge in [0.05, 0.1) is 37.1 Å². The van der Waals surface area contributed by atoms with Crippen LogP contribution in [0.4, 0.5) is 4.79 Å². The third-order valence-electron chi connectivity index (χ3n) is 2.78. The Kier molecular flexibility index (Phi) is 5.77. The lowest BCUT2D eigenvalue weighted by Crippen LogP contribution is -2.31. The second kappa shape index (κ2) is 7.32. The van der Waals surface area contributed by atoms with Crippen molar-refractivity contribution in [1.29, 1.82) is 0 Å². The third kappa shape index (κ3) is 3.98. The molecular weight excluding hydrogens is 278 g/mol. The molecule has 0 atom stereocenters. The van der Waals surface area contributed by atoms with Crippen LogP contribution in [0.15, 0.2) is 6.07 Å². The Morgan fingerprint density at radius 2 is 2.00 bits per heavy atom. The average molecular weight is 297 g/mol. The molecule has 0 aliphatic carbocycles. The number of carbonyl (C=O) groups excluding carboxylic acids is 3. The van der Waals surface area contributed by atoms with Crippen molar-refractivity contribution in [3.05, 3.63) is 23.0 Å². The van der Waals surface area contributed by atoms with Gasteiger partial charge in [-0.25, -0.2) is 15.0 Å². The summed E-state index contributed by atoms with van der Waals surface area (Å²) < 4.78 is 10.9. The van der Waals surface area contributed by atoms with Crippen LogP contribution in [0.2, 0.25) is 0 Å². The first kappa shape index (κ1) is 16.5. The third-order valence-corrected chi connectivity index (χ3v) is 2.78. The van der Waals surface area contributed by atoms with Crippen LogP contribution in [0.5, 0.6) is 0 Å². The Labute approximate surface area is 122 Å². The zero-order valence-corrected chi connectivity index (χ0v) is 12.3. The van der Waals surface area contributed by atoms with Crippen LogP contribution in [-0.2, 0) is 27.1 Å². The normalized spacial score (nSPS) is 10.0. The number of hydrogen-bond donors (Lipinski definition) is 2. The first-order valence-electron chi connectivity index (χ1n) is 6.48. The van der Waals surface area contributed by atoms with Crippen molar-refractivity contribution in [3.63, 3.8) is 0 Å². The van der Waals surface area contributed by atoms with Crippen LogP contribution < -0.4 is 11.2 Å². The number of amides is 2. The Morgan fingerprint density at radius 1 is 1.33 bits per heavy atom. The predicted molar refractivity (Wildman–Crippen MR) is 74.4 cm³/mol. The SMILES string of the molecule is CCOC(=O)c1cc(CC(=O)OC)n(NC(N)=O)c1CC. The minimum atomic E-state index is -0.804. The molecule has 0 bridgehead atoms. The fraction of sp³-hybridized carbons (Fsp3) is 0.462. The molecule has 0 spiro atoms. The van der Waals surface area contributed by atoms with Crippen LogP contribution >= 0.6 is 0 Å². The number of rotatable bonds is 6. The van der Waals surface area contributed by atoms with E-state index in [-0.39, 0.29) is 18.6 Å². The second-order valence-electron chi connectivity index (χ2n) is 4.13. The number of nitrogens with one attached hydrogen (secondary N) is 1. The molecule has 0 saturated heterocycles. The maximum absolute atomic E-state index is 11.9. The smallest absolute Gasteiger partial charge is 0.340 e. The van der Waals surface area contributed by atoms with E-state index in [1.807, 2.05) is 0 Å². The molecule has 8 nitrogen and oxygen atoms in total. The molecule has 0 aromatic carbocycles. The van der Waals surface area contributed by atoms with E-state index < -0.39 is 18.0 Å². The predicted octanol–water partition coefficient (Wildman–Crippen LogP) is 0.565. The summed E-state index contributed by atoms with van der Waals surface area (Å²) in [5.74, 6) is -1.02. The van der Waals surface area contributed by atoms with Gasteiger partial charge in [0, 0.05) is 0 Å². The number of aromatic nitrogens is 1. The van der Waals surface area contributed by atoms with Gasteiger partial charge < -0.3 is 15.2 Å². The van der Waals surface area contributed by atoms with Crippen molar-refractivity contribution in [2.24, 2.45) is 5.73 Å². The Balaban J connectivity index is 3.29. The molecule has 8 heteroatoms. The van der Waals surface area contributed by atoms with Crippen molar-refractivity contribution in [2.45, 2.75) is 26.7 Å². The van der Waals surface area contributed by atoms with Crippen molar-refractivity contribution < 1.29 is 23.9 Å². The number of primary amides is 1. The van der Waals surface area contributed by atoms with E-state index in [1.54, 1.807) is 13.8 Å². The van der Waals surface area contributed by atoms with Crippen LogP contribution in [0.25, 0.3) is 0 Å². The monoisotopic (exact) mass is 297 g/mol. The van der Waals surface area contributed by atoms with Gasteiger partial charge in [0.15, 0.2) is 0 Å². The number of ether oxygens (including phenoxy) is 2. The molecule has 0 unspecified atom stereocenters. The molecule has 2 amide bonds. The molecule has 1 aromatic heterocycles. The molecule has 1 rings (SSSR count). The number of methoxy groups -OCH3 is 1. The van der Waals surface area contributed by atoms with Crippen LogP contribution in [0.3, 0.4) is 0 Å². The van der Waals surface area contributed by atoms with Crippen molar-refractivity contribution in [1.82, 2.24) is 4.68 Å². The fourth-order valence-corrected chi connectivity index (χ4v) is 1.94. The lowest BCUT2D eigenvalue weighted by molar-refractivity contribution is -0.139. The van der Waals surface area contributed by atoms with Gasteiger partial charge in [0.25, 0.3) is 0 Å². The summed E-state index contributed by atoms with van der Waals surface area (Å²) in [5.41, 5.74) is 8.68. The van der Waals surface area contributed by atoms with E-state index in [4.69, 9.17) is 10.5 Å². The van der Waals surface area contributed by atoms with Crippen LogP contribution in [-0.4, -0.2) is 36.4 Å². The van der Waals surface area contributed by atoms with E-state index in [2.05, 4.69) is 10.2 Å². The second-order valence-corrected chi connectivity index (χ2v) is 4.13. The molecule has 0 saturated carbocycles. The topological polar surface area (TPSA) is 113 Å². The zero-order valence-electron chi connectivity index (χ0n) is 12.3. The van der Waals surface area contributed by atoms with Gasteiger partial charge in [-0.3, -0.25) is 9.47 Å². The Morgan fingerprint density at radius 3 is 2.48 bits per heavy atom. The van der Waals surface area contributed by atoms with Gasteiger partial charge in [-0.1, -0.05) is 6.92 Å². The molecule has 1 heterocycles. The zero-order chi connectivity index (χ0) is 16.0. The van der Waals surface area contributed by atoms with Gasteiger partial charge in [0.2, 0.25) is 0 Å². The van der Waals surface area contributed by atoms with Gasteiger partial charge in [-0.05, 0) is 19.4 Å². The molecule has 3 N–H and O–H groups in total. The fourth-order valence-electron chi connectivity index (χ4n) is 1.94. The highest BCUT2D eigenvalue weighted by Crippen LogP contribution is 2.18. The number of carbonyl (C=O) groups is 3. The van der Waals surface area contributed by atoms with E-state index in [0.29, 0.717) is 17.8 Å². The highest BCUT2D eigenvalue weighted by Gasteiger charge is 2.22. The molecule has 116 valence electrons.